The number of nitrogens with one attached hydrogen (secondary N) is 1. The van der Waals surface area contributed by atoms with Crippen LogP contribution >= 0.6 is 0 Å². The maximum absolute atomic E-state index is 12.4. The molecule has 7 heteroatoms. The van der Waals surface area contributed by atoms with E-state index in [0.717, 1.165) is 37.6 Å². The zero-order valence-electron chi connectivity index (χ0n) is 14.0. The van der Waals surface area contributed by atoms with Crippen LogP contribution in [0.25, 0.3) is 0 Å². The molecule has 7 nitrogen and oxygen atoms in total. The molecule has 1 amide bonds. The van der Waals surface area contributed by atoms with Crippen molar-refractivity contribution < 1.29 is 13.9 Å². The van der Waals surface area contributed by atoms with Crippen molar-refractivity contribution in [2.45, 2.75) is 25.5 Å². The number of furan rings is 1. The van der Waals surface area contributed by atoms with Crippen LogP contribution in [0.4, 0.5) is 5.95 Å². The Morgan fingerprint density at radius 2 is 2.20 bits per heavy atom. The molecule has 2 aliphatic rings. The predicted molar refractivity (Wildman–Crippen MR) is 90.8 cm³/mol. The predicted octanol–water partition coefficient (Wildman–Crippen LogP) is 1.62. The van der Waals surface area contributed by atoms with Gasteiger partial charge in [0.05, 0.1) is 31.4 Å². The SMILES string of the molecule is O=C(NCc1ccco1)[C@@H]1CO[C@@H]2CCN(c3ncccn3)C[C@@H]2C1. The number of ether oxygens (including phenoxy) is 1. The van der Waals surface area contributed by atoms with Gasteiger partial charge in [0.25, 0.3) is 0 Å². The normalized spacial score (nSPS) is 26.1. The third-order valence-electron chi connectivity index (χ3n) is 4.99. The summed E-state index contributed by atoms with van der Waals surface area (Å²) < 4.78 is 11.2. The number of fused-ring (bicyclic) bond motifs is 1. The molecule has 0 aliphatic carbocycles. The van der Waals surface area contributed by atoms with Crippen LogP contribution in [0.15, 0.2) is 41.3 Å². The molecule has 0 bridgehead atoms. The Morgan fingerprint density at radius 3 is 3.00 bits per heavy atom. The lowest BCUT2D eigenvalue weighted by molar-refractivity contribution is -0.135. The number of carbonyl (C=O) groups is 1. The highest BCUT2D eigenvalue weighted by molar-refractivity contribution is 5.78. The van der Waals surface area contributed by atoms with Crippen molar-refractivity contribution in [1.29, 1.82) is 0 Å². The summed E-state index contributed by atoms with van der Waals surface area (Å²) in [5.41, 5.74) is 0. The van der Waals surface area contributed by atoms with Gasteiger partial charge in [-0.2, -0.15) is 0 Å². The Balaban J connectivity index is 1.34. The molecule has 2 aliphatic heterocycles. The Labute approximate surface area is 146 Å². The standard InChI is InChI=1S/C18H22N4O3/c23-17(21-10-15-3-1-8-24-15)14-9-13-11-22(7-4-16(13)25-12-14)18-19-5-2-6-20-18/h1-3,5-6,8,13-14,16H,4,7,9-12H2,(H,21,23)/t13-,14-,16+/m0/s1. The molecular formula is C18H22N4O3. The van der Waals surface area contributed by atoms with Gasteiger partial charge in [-0.1, -0.05) is 0 Å². The maximum atomic E-state index is 12.4. The zero-order chi connectivity index (χ0) is 17.1. The molecule has 2 aromatic heterocycles. The Morgan fingerprint density at radius 1 is 1.32 bits per heavy atom. The fourth-order valence-corrected chi connectivity index (χ4v) is 3.68. The first kappa shape index (κ1) is 16.1. The van der Waals surface area contributed by atoms with E-state index in [-0.39, 0.29) is 17.9 Å². The van der Waals surface area contributed by atoms with Gasteiger partial charge in [-0.15, -0.1) is 0 Å². The maximum Gasteiger partial charge on any atom is 0.225 e. The third-order valence-corrected chi connectivity index (χ3v) is 4.99. The second-order valence-corrected chi connectivity index (χ2v) is 6.65. The topological polar surface area (TPSA) is 80.5 Å². The fraction of sp³-hybridized carbons (Fsp3) is 0.500. The Bertz CT molecular complexity index is 692. The number of hydrogen-bond donors (Lipinski definition) is 1. The van der Waals surface area contributed by atoms with Crippen molar-refractivity contribution in [3.8, 4) is 0 Å². The number of hydrogen-bond acceptors (Lipinski definition) is 6. The van der Waals surface area contributed by atoms with Crippen molar-refractivity contribution in [3.05, 3.63) is 42.6 Å². The zero-order valence-corrected chi connectivity index (χ0v) is 14.0. The van der Waals surface area contributed by atoms with Crippen molar-refractivity contribution in [2.24, 2.45) is 11.8 Å². The Hall–Kier alpha value is -2.41. The average Bonchev–Trinajstić information content (AvgIpc) is 3.19. The van der Waals surface area contributed by atoms with Gasteiger partial charge in [0.15, 0.2) is 0 Å². The van der Waals surface area contributed by atoms with Gasteiger partial charge in [0.1, 0.15) is 5.76 Å². The Kier molecular flexibility index (Phi) is 4.65. The lowest BCUT2D eigenvalue weighted by Crippen LogP contribution is -2.50. The molecular weight excluding hydrogens is 320 g/mol. The van der Waals surface area contributed by atoms with E-state index in [2.05, 4.69) is 20.2 Å². The molecule has 0 radical (unpaired) electrons. The van der Waals surface area contributed by atoms with Crippen LogP contribution in [0, 0.1) is 11.8 Å². The highest BCUT2D eigenvalue weighted by Gasteiger charge is 2.38. The van der Waals surface area contributed by atoms with E-state index in [4.69, 9.17) is 9.15 Å². The second kappa shape index (κ2) is 7.23. The molecule has 0 aromatic carbocycles. The average molecular weight is 342 g/mol. The number of nitrogens with zero attached hydrogens (tertiary/aromatic N) is 3. The number of anilines is 1. The van der Waals surface area contributed by atoms with Gasteiger partial charge >= 0.3 is 0 Å². The molecule has 4 rings (SSSR count). The van der Waals surface area contributed by atoms with E-state index in [0.29, 0.717) is 19.1 Å². The summed E-state index contributed by atoms with van der Waals surface area (Å²) in [6.07, 6.45) is 7.14. The van der Waals surface area contributed by atoms with Crippen LogP contribution in [0.1, 0.15) is 18.6 Å². The summed E-state index contributed by atoms with van der Waals surface area (Å²) in [4.78, 5) is 23.3. The molecule has 132 valence electrons. The quantitative estimate of drug-likeness (QED) is 0.909. The molecule has 2 saturated heterocycles. The number of carbonyl (C=O) groups excluding carboxylic acids is 1. The van der Waals surface area contributed by atoms with Gasteiger partial charge in [0, 0.05) is 31.4 Å². The van der Waals surface area contributed by atoms with Crippen LogP contribution in [-0.4, -0.2) is 41.7 Å². The van der Waals surface area contributed by atoms with Gasteiger partial charge in [-0.3, -0.25) is 4.79 Å². The van der Waals surface area contributed by atoms with Crippen molar-refractivity contribution in [2.75, 3.05) is 24.6 Å². The molecule has 4 heterocycles. The molecule has 2 aromatic rings. The summed E-state index contributed by atoms with van der Waals surface area (Å²) in [7, 11) is 0. The summed E-state index contributed by atoms with van der Waals surface area (Å²) >= 11 is 0. The van der Waals surface area contributed by atoms with Gasteiger partial charge in [0.2, 0.25) is 11.9 Å². The summed E-state index contributed by atoms with van der Waals surface area (Å²) in [5.74, 6) is 1.75. The summed E-state index contributed by atoms with van der Waals surface area (Å²) in [6.45, 7) is 2.63. The fourth-order valence-electron chi connectivity index (χ4n) is 3.68. The van der Waals surface area contributed by atoms with E-state index >= 15 is 0 Å². The second-order valence-electron chi connectivity index (χ2n) is 6.65. The smallest absolute Gasteiger partial charge is 0.225 e. The van der Waals surface area contributed by atoms with Crippen molar-refractivity contribution in [3.63, 3.8) is 0 Å². The van der Waals surface area contributed by atoms with E-state index < -0.39 is 0 Å². The van der Waals surface area contributed by atoms with Gasteiger partial charge < -0.3 is 19.4 Å². The van der Waals surface area contributed by atoms with Gasteiger partial charge in [-0.25, -0.2) is 9.97 Å². The molecule has 0 unspecified atom stereocenters. The molecule has 1 N–H and O–H groups in total. The van der Waals surface area contributed by atoms with Crippen LogP contribution in [0.3, 0.4) is 0 Å². The van der Waals surface area contributed by atoms with E-state index in [1.54, 1.807) is 18.7 Å². The largest absolute Gasteiger partial charge is 0.467 e. The number of rotatable bonds is 4. The molecule has 3 atom stereocenters. The molecule has 2 fully saturated rings. The third kappa shape index (κ3) is 3.66. The minimum Gasteiger partial charge on any atom is -0.467 e. The monoisotopic (exact) mass is 342 g/mol. The van der Waals surface area contributed by atoms with Crippen LogP contribution in [0.5, 0.6) is 0 Å². The highest BCUT2D eigenvalue weighted by atomic mass is 16.5. The van der Waals surface area contributed by atoms with E-state index in [1.807, 2.05) is 18.2 Å². The summed E-state index contributed by atoms with van der Waals surface area (Å²) in [5, 5.41) is 2.94. The number of aromatic nitrogens is 2. The molecule has 25 heavy (non-hydrogen) atoms. The van der Waals surface area contributed by atoms with E-state index in [9.17, 15) is 4.79 Å². The first-order valence-corrected chi connectivity index (χ1v) is 8.73. The lowest BCUT2D eigenvalue weighted by Gasteiger charge is -2.43. The molecule has 0 saturated carbocycles. The van der Waals surface area contributed by atoms with Crippen LogP contribution in [0.2, 0.25) is 0 Å². The lowest BCUT2D eigenvalue weighted by atomic mass is 9.83. The van der Waals surface area contributed by atoms with Crippen molar-refractivity contribution in [1.82, 2.24) is 15.3 Å². The van der Waals surface area contributed by atoms with Crippen LogP contribution in [-0.2, 0) is 16.1 Å². The van der Waals surface area contributed by atoms with E-state index in [1.165, 1.54) is 0 Å². The first-order valence-electron chi connectivity index (χ1n) is 8.73. The minimum atomic E-state index is -0.118. The molecule has 0 spiro atoms. The first-order chi connectivity index (χ1) is 12.3. The van der Waals surface area contributed by atoms with Gasteiger partial charge in [-0.05, 0) is 31.0 Å². The number of piperidine rings is 1. The van der Waals surface area contributed by atoms with Crippen molar-refractivity contribution >= 4 is 11.9 Å². The number of amides is 1. The summed E-state index contributed by atoms with van der Waals surface area (Å²) in [6, 6.07) is 5.49. The highest BCUT2D eigenvalue weighted by Crippen LogP contribution is 2.32. The minimum absolute atomic E-state index is 0.0305. The van der Waals surface area contributed by atoms with Crippen LogP contribution < -0.4 is 10.2 Å².